The lowest BCUT2D eigenvalue weighted by Crippen LogP contribution is -2.39. The van der Waals surface area contributed by atoms with E-state index in [1.807, 2.05) is 13.8 Å². The van der Waals surface area contributed by atoms with Crippen LogP contribution in [0, 0.1) is 11.8 Å². The van der Waals surface area contributed by atoms with E-state index in [2.05, 4.69) is 4.74 Å². The zero-order valence-electron chi connectivity index (χ0n) is 22.9. The Balaban J connectivity index is 3.02. The van der Waals surface area contributed by atoms with E-state index in [0.29, 0.717) is 18.4 Å². The van der Waals surface area contributed by atoms with Crippen molar-refractivity contribution in [3.05, 3.63) is 23.8 Å². The number of hydrogen-bond acceptors (Lipinski definition) is 10. The van der Waals surface area contributed by atoms with Crippen molar-refractivity contribution in [2.24, 2.45) is 17.6 Å². The van der Waals surface area contributed by atoms with Gasteiger partial charge in [0.15, 0.2) is 11.5 Å². The number of hydrogen-bond donors (Lipinski definition) is 1. The number of nitrogens with two attached hydrogens (primary N) is 1. The molecule has 1 aromatic rings. The van der Waals surface area contributed by atoms with Gasteiger partial charge in [-0.1, -0.05) is 46.6 Å². The Hall–Kier alpha value is -3.14. The van der Waals surface area contributed by atoms with Gasteiger partial charge in [-0.2, -0.15) is 0 Å². The Morgan fingerprint density at radius 3 is 1.81 bits per heavy atom. The summed E-state index contributed by atoms with van der Waals surface area (Å²) in [6.45, 7) is 10.6. The number of benzene rings is 1. The zero-order chi connectivity index (χ0) is 28.1. The molecule has 0 aliphatic heterocycles. The average molecular weight is 524 g/mol. The van der Waals surface area contributed by atoms with Gasteiger partial charge in [-0.3, -0.25) is 14.4 Å². The summed E-state index contributed by atoms with van der Waals surface area (Å²) in [6.07, 6.45) is 0.612. The van der Waals surface area contributed by atoms with Crippen LogP contribution in [0.4, 0.5) is 4.79 Å². The molecule has 0 spiro atoms. The molecule has 0 bridgehead atoms. The van der Waals surface area contributed by atoms with E-state index in [1.165, 1.54) is 19.2 Å². The van der Waals surface area contributed by atoms with Crippen molar-refractivity contribution >= 4 is 24.1 Å². The summed E-state index contributed by atoms with van der Waals surface area (Å²) >= 11 is 0. The van der Waals surface area contributed by atoms with E-state index in [4.69, 9.17) is 24.7 Å². The highest BCUT2D eigenvalue weighted by Crippen LogP contribution is 2.31. The first-order valence-electron chi connectivity index (χ1n) is 12.7. The second-order valence-electron chi connectivity index (χ2n) is 9.23. The minimum atomic E-state index is -1.05. The average Bonchev–Trinajstić information content (AvgIpc) is 2.85. The van der Waals surface area contributed by atoms with Gasteiger partial charge in [-0.25, -0.2) is 4.79 Å². The molecule has 0 radical (unpaired) electrons. The third-order valence-corrected chi connectivity index (χ3v) is 5.85. The topological polar surface area (TPSA) is 140 Å². The van der Waals surface area contributed by atoms with Gasteiger partial charge in [0.1, 0.15) is 18.2 Å². The second kappa shape index (κ2) is 15.9. The predicted molar refractivity (Wildman–Crippen MR) is 136 cm³/mol. The molecule has 10 nitrogen and oxygen atoms in total. The molecular formula is C27H41NO9. The van der Waals surface area contributed by atoms with E-state index >= 15 is 0 Å². The van der Waals surface area contributed by atoms with Crippen molar-refractivity contribution in [3.8, 4) is 11.5 Å². The number of ether oxygens (including phenoxy) is 5. The monoisotopic (exact) mass is 523 g/mol. The third-order valence-electron chi connectivity index (χ3n) is 5.85. The zero-order valence-corrected chi connectivity index (χ0v) is 22.9. The Kier molecular flexibility index (Phi) is 13.7. The molecule has 1 rings (SSSR count). The number of methoxy groups -OCH3 is 1. The summed E-state index contributed by atoms with van der Waals surface area (Å²) in [5.74, 6) is -2.04. The van der Waals surface area contributed by atoms with Crippen LogP contribution in [-0.2, 0) is 35.0 Å². The molecule has 0 aromatic heterocycles. The van der Waals surface area contributed by atoms with Gasteiger partial charge in [-0.05, 0) is 50.8 Å². The summed E-state index contributed by atoms with van der Waals surface area (Å²) in [5.41, 5.74) is 6.63. The lowest BCUT2D eigenvalue weighted by Gasteiger charge is -2.22. The normalized spacial score (nSPS) is 14.9. The molecule has 0 saturated heterocycles. The molecule has 10 heteroatoms. The highest BCUT2D eigenvalue weighted by molar-refractivity contribution is 5.79. The van der Waals surface area contributed by atoms with Crippen molar-refractivity contribution < 1.29 is 42.9 Å². The number of carbonyl (C=O) groups is 4. The minimum absolute atomic E-state index is 0.0628. The summed E-state index contributed by atoms with van der Waals surface area (Å²) in [5, 5.41) is 0. The molecule has 0 heterocycles. The van der Waals surface area contributed by atoms with Gasteiger partial charge in [0, 0.05) is 0 Å². The predicted octanol–water partition coefficient (Wildman–Crippen LogP) is 4.34. The lowest BCUT2D eigenvalue weighted by atomic mass is 10.0. The molecule has 0 aliphatic rings. The molecular weight excluding hydrogens is 482 g/mol. The number of esters is 3. The van der Waals surface area contributed by atoms with Gasteiger partial charge < -0.3 is 29.4 Å². The third kappa shape index (κ3) is 10.8. The van der Waals surface area contributed by atoms with Gasteiger partial charge in [-0.15, -0.1) is 0 Å². The molecule has 37 heavy (non-hydrogen) atoms. The molecule has 0 aliphatic carbocycles. The molecule has 208 valence electrons. The summed E-state index contributed by atoms with van der Waals surface area (Å²) in [7, 11) is 1.18. The second-order valence-corrected chi connectivity index (χ2v) is 9.23. The molecule has 5 atom stereocenters. The van der Waals surface area contributed by atoms with Gasteiger partial charge in [0.05, 0.1) is 18.9 Å². The fraction of sp³-hybridized carbons (Fsp3) is 0.630. The van der Waals surface area contributed by atoms with Crippen molar-refractivity contribution in [2.45, 2.75) is 91.9 Å². The number of rotatable bonds is 14. The van der Waals surface area contributed by atoms with Crippen LogP contribution in [0.15, 0.2) is 18.2 Å². The van der Waals surface area contributed by atoms with E-state index in [9.17, 15) is 19.2 Å². The first kappa shape index (κ1) is 31.9. The number of carbonyl (C=O) groups excluding carboxylic acids is 4. The maximum absolute atomic E-state index is 12.6. The van der Waals surface area contributed by atoms with Crippen LogP contribution in [0.3, 0.4) is 0 Å². The quantitative estimate of drug-likeness (QED) is 0.276. The first-order chi connectivity index (χ1) is 17.4. The van der Waals surface area contributed by atoms with Crippen molar-refractivity contribution in [2.75, 3.05) is 7.11 Å². The largest absolute Gasteiger partial charge is 0.508 e. The van der Waals surface area contributed by atoms with E-state index in [-0.39, 0.29) is 29.8 Å². The van der Waals surface area contributed by atoms with Crippen LogP contribution in [0.5, 0.6) is 11.5 Å². The van der Waals surface area contributed by atoms with Crippen molar-refractivity contribution in [1.29, 1.82) is 0 Å². The van der Waals surface area contributed by atoms with Crippen LogP contribution in [0.25, 0.3) is 0 Å². The Morgan fingerprint density at radius 1 is 0.784 bits per heavy atom. The summed E-state index contributed by atoms with van der Waals surface area (Å²) in [4.78, 5) is 48.9. The van der Waals surface area contributed by atoms with Gasteiger partial charge >= 0.3 is 24.1 Å². The Bertz CT molecular complexity index is 917. The Labute approximate surface area is 219 Å². The fourth-order valence-corrected chi connectivity index (χ4v) is 3.36. The van der Waals surface area contributed by atoms with Crippen LogP contribution in [0.2, 0.25) is 0 Å². The minimum Gasteiger partial charge on any atom is -0.458 e. The smallest absolute Gasteiger partial charge is 0.458 e. The van der Waals surface area contributed by atoms with Crippen molar-refractivity contribution in [3.63, 3.8) is 0 Å². The molecule has 0 amide bonds. The molecule has 0 saturated carbocycles. The van der Waals surface area contributed by atoms with E-state index in [0.717, 1.165) is 12.8 Å². The van der Waals surface area contributed by atoms with Crippen molar-refractivity contribution in [1.82, 2.24) is 0 Å². The SMILES string of the molecule is CCCC(C)C(=O)Oc1ccc(C[C@H](N)C(=O)O[C@@H](C)[C@H](C)OC(=O)OC)cc1OC(=O)C(C)CCC. The standard InChI is InChI=1S/C27H41NO9/c1-8-10-16(3)24(29)36-22-13-12-20(15-23(22)37-25(30)17(4)11-9-2)14-21(28)26(31)34-18(5)19(6)35-27(32)33-7/h12-13,15-19,21H,8-11,14,28H2,1-7H3/t16?,17?,18-,19-,21-/m0/s1. The van der Waals surface area contributed by atoms with Crippen LogP contribution in [-0.4, -0.2) is 49.4 Å². The highest BCUT2D eigenvalue weighted by atomic mass is 16.7. The summed E-state index contributed by atoms with van der Waals surface area (Å²) < 4.78 is 25.8. The summed E-state index contributed by atoms with van der Waals surface area (Å²) in [6, 6.07) is 3.64. The van der Waals surface area contributed by atoms with Crippen LogP contribution in [0.1, 0.15) is 72.8 Å². The first-order valence-corrected chi connectivity index (χ1v) is 12.7. The lowest BCUT2D eigenvalue weighted by molar-refractivity contribution is -0.155. The molecule has 2 N–H and O–H groups in total. The molecule has 1 aromatic carbocycles. The van der Waals surface area contributed by atoms with Gasteiger partial charge in [0.2, 0.25) is 0 Å². The molecule has 0 fully saturated rings. The van der Waals surface area contributed by atoms with Gasteiger partial charge in [0.25, 0.3) is 0 Å². The Morgan fingerprint density at radius 2 is 1.30 bits per heavy atom. The van der Waals surface area contributed by atoms with Crippen LogP contribution < -0.4 is 15.2 Å². The highest BCUT2D eigenvalue weighted by Gasteiger charge is 2.26. The fourth-order valence-electron chi connectivity index (χ4n) is 3.36. The maximum Gasteiger partial charge on any atom is 0.508 e. The molecule has 2 unspecified atom stereocenters. The van der Waals surface area contributed by atoms with E-state index in [1.54, 1.807) is 33.8 Å². The maximum atomic E-state index is 12.6. The van der Waals surface area contributed by atoms with E-state index < -0.39 is 42.3 Å². The van der Waals surface area contributed by atoms with Crippen LogP contribution >= 0.6 is 0 Å².